The molecular weight excluding hydrogens is 494 g/mol. The van der Waals surface area contributed by atoms with Gasteiger partial charge in [-0.15, -0.1) is 0 Å². The molecule has 1 amide bonds. The Morgan fingerprint density at radius 1 is 1.08 bits per heavy atom. The number of carbonyl (C=O) groups excluding carboxylic acids is 1. The van der Waals surface area contributed by atoms with Gasteiger partial charge in [0.05, 0.1) is 18.3 Å². The van der Waals surface area contributed by atoms with Crippen LogP contribution in [0, 0.1) is 26.2 Å². The third kappa shape index (κ3) is 4.12. The van der Waals surface area contributed by atoms with E-state index in [0.29, 0.717) is 17.9 Å². The van der Waals surface area contributed by atoms with Gasteiger partial charge >= 0.3 is 0 Å². The maximum atomic E-state index is 13.1. The van der Waals surface area contributed by atoms with Crippen molar-refractivity contribution in [2.45, 2.75) is 58.9 Å². The Hall–Kier alpha value is -3.17. The number of hydrogen-bond donors (Lipinski definition) is 0. The Balaban J connectivity index is 0.966. The second kappa shape index (κ2) is 8.95. The molecule has 3 aromatic heterocycles. The summed E-state index contributed by atoms with van der Waals surface area (Å²) in [7, 11) is 0. The van der Waals surface area contributed by atoms with Gasteiger partial charge in [0.25, 0.3) is 0 Å². The molecule has 3 aliphatic rings. The number of benzene rings is 1. The fourth-order valence-electron chi connectivity index (χ4n) is 6.77. The van der Waals surface area contributed by atoms with Gasteiger partial charge in [-0.3, -0.25) is 9.69 Å². The van der Waals surface area contributed by atoms with Crippen molar-refractivity contribution in [3.63, 3.8) is 0 Å². The summed E-state index contributed by atoms with van der Waals surface area (Å²) in [6, 6.07) is 9.35. The molecule has 0 radical (unpaired) electrons. The number of piperidine rings is 1. The largest absolute Gasteiger partial charge is 0.342 e. The minimum Gasteiger partial charge on any atom is -0.342 e. The molecular formula is C29H33N7OS. The number of aromatic nitrogens is 5. The second-order valence-electron chi connectivity index (χ2n) is 11.5. The van der Waals surface area contributed by atoms with Crippen molar-refractivity contribution < 1.29 is 4.79 Å². The number of fused-ring (bicyclic) bond motifs is 2. The van der Waals surface area contributed by atoms with E-state index in [1.54, 1.807) is 17.5 Å². The van der Waals surface area contributed by atoms with Crippen LogP contribution in [0.4, 0.5) is 0 Å². The van der Waals surface area contributed by atoms with E-state index < -0.39 is 0 Å². The Bertz CT molecular complexity index is 1520. The van der Waals surface area contributed by atoms with E-state index >= 15 is 0 Å². The molecule has 1 atom stereocenters. The number of imidazole rings is 1. The molecule has 8 nitrogen and oxygen atoms in total. The van der Waals surface area contributed by atoms with Crippen LogP contribution in [0.3, 0.4) is 0 Å². The monoisotopic (exact) mass is 527 g/mol. The van der Waals surface area contributed by atoms with Crippen LogP contribution in [0.5, 0.6) is 0 Å². The molecule has 1 aromatic carbocycles. The predicted octanol–water partition coefficient (Wildman–Crippen LogP) is 4.33. The van der Waals surface area contributed by atoms with Gasteiger partial charge in [-0.05, 0) is 75.1 Å². The molecule has 2 saturated heterocycles. The van der Waals surface area contributed by atoms with Gasteiger partial charge in [0.1, 0.15) is 5.01 Å². The number of nitrogens with zero attached hydrogens (tertiary/aromatic N) is 7. The van der Waals surface area contributed by atoms with Crippen molar-refractivity contribution in [1.29, 1.82) is 0 Å². The van der Waals surface area contributed by atoms with E-state index in [2.05, 4.69) is 43.1 Å². The van der Waals surface area contributed by atoms with Crippen molar-refractivity contribution in [2.24, 2.45) is 5.41 Å². The van der Waals surface area contributed by atoms with Gasteiger partial charge in [-0.2, -0.15) is 5.10 Å². The molecule has 1 unspecified atom stereocenters. The van der Waals surface area contributed by atoms with Gasteiger partial charge in [-0.25, -0.2) is 19.5 Å². The number of rotatable bonds is 4. The van der Waals surface area contributed by atoms with E-state index in [1.165, 1.54) is 17.5 Å². The molecule has 0 N–H and O–H groups in total. The Labute approximate surface area is 226 Å². The fourth-order valence-corrected chi connectivity index (χ4v) is 7.51. The first-order valence-corrected chi connectivity index (χ1v) is 14.4. The quantitative estimate of drug-likeness (QED) is 0.393. The second-order valence-corrected chi connectivity index (χ2v) is 12.6. The summed E-state index contributed by atoms with van der Waals surface area (Å²) >= 11 is 1.56. The zero-order chi connectivity index (χ0) is 26.0. The summed E-state index contributed by atoms with van der Waals surface area (Å²) in [6.07, 6.45) is 6.65. The van der Waals surface area contributed by atoms with Crippen LogP contribution < -0.4 is 0 Å². The lowest BCUT2D eigenvalue weighted by atomic mass is 9.71. The minimum absolute atomic E-state index is 0.191. The SMILES string of the molecule is Cc1cc(C)nc(-c2ccc3c(c2)CCC3N2CC3(CCN(C(=O)Cc4cnc5sc(C)nn45)CC3)C2)n1. The average Bonchev–Trinajstić information content (AvgIpc) is 3.56. The third-order valence-corrected chi connectivity index (χ3v) is 9.55. The molecule has 1 aliphatic carbocycles. The van der Waals surface area contributed by atoms with Gasteiger partial charge in [-0.1, -0.05) is 23.5 Å². The lowest BCUT2D eigenvalue weighted by molar-refractivity contribution is -0.136. The molecule has 196 valence electrons. The van der Waals surface area contributed by atoms with Crippen molar-refractivity contribution >= 4 is 22.2 Å². The fraction of sp³-hybridized carbons (Fsp3) is 0.483. The molecule has 2 fully saturated rings. The van der Waals surface area contributed by atoms with Gasteiger partial charge in [0.15, 0.2) is 5.82 Å². The van der Waals surface area contributed by atoms with E-state index in [9.17, 15) is 4.79 Å². The highest BCUT2D eigenvalue weighted by Gasteiger charge is 2.48. The summed E-state index contributed by atoms with van der Waals surface area (Å²) in [5.74, 6) is 1.02. The molecule has 9 heteroatoms. The Morgan fingerprint density at radius 3 is 2.61 bits per heavy atom. The summed E-state index contributed by atoms with van der Waals surface area (Å²) in [6.45, 7) is 10.0. The van der Waals surface area contributed by atoms with Crippen molar-refractivity contribution in [3.05, 3.63) is 63.7 Å². The first-order chi connectivity index (χ1) is 18.4. The molecule has 2 aliphatic heterocycles. The predicted molar refractivity (Wildman–Crippen MR) is 147 cm³/mol. The highest BCUT2D eigenvalue weighted by molar-refractivity contribution is 7.16. The Kier molecular flexibility index (Phi) is 5.63. The molecule has 0 saturated carbocycles. The zero-order valence-electron chi connectivity index (χ0n) is 22.3. The van der Waals surface area contributed by atoms with E-state index in [0.717, 1.165) is 83.9 Å². The molecule has 4 aromatic rings. The Morgan fingerprint density at radius 2 is 1.84 bits per heavy atom. The lowest BCUT2D eigenvalue weighted by Crippen LogP contribution is -2.61. The first kappa shape index (κ1) is 23.9. The first-order valence-electron chi connectivity index (χ1n) is 13.6. The minimum atomic E-state index is 0.191. The topological polar surface area (TPSA) is 79.5 Å². The zero-order valence-corrected chi connectivity index (χ0v) is 23.1. The molecule has 0 bridgehead atoms. The van der Waals surface area contributed by atoms with Crippen molar-refractivity contribution in [2.75, 3.05) is 26.2 Å². The normalized spacial score (nSPS) is 20.7. The highest BCUT2D eigenvalue weighted by Crippen LogP contribution is 2.48. The number of carbonyl (C=O) groups is 1. The van der Waals surface area contributed by atoms with Crippen LogP contribution in [0.25, 0.3) is 16.3 Å². The van der Waals surface area contributed by atoms with Crippen molar-refractivity contribution in [1.82, 2.24) is 34.4 Å². The average molecular weight is 528 g/mol. The number of hydrogen-bond acceptors (Lipinski definition) is 7. The number of likely N-dealkylation sites (tertiary alicyclic amines) is 2. The van der Waals surface area contributed by atoms with E-state index in [4.69, 9.17) is 0 Å². The van der Waals surface area contributed by atoms with E-state index in [1.807, 2.05) is 36.3 Å². The maximum Gasteiger partial charge on any atom is 0.228 e. The summed E-state index contributed by atoms with van der Waals surface area (Å²) < 4.78 is 1.82. The van der Waals surface area contributed by atoms with Crippen LogP contribution >= 0.6 is 11.3 Å². The third-order valence-electron chi connectivity index (χ3n) is 8.71. The van der Waals surface area contributed by atoms with Gasteiger partial charge in [0.2, 0.25) is 10.9 Å². The van der Waals surface area contributed by atoms with Crippen LogP contribution in [-0.2, 0) is 17.6 Å². The molecule has 5 heterocycles. The van der Waals surface area contributed by atoms with Gasteiger partial charge in [0, 0.05) is 49.2 Å². The van der Waals surface area contributed by atoms with Crippen LogP contribution in [0.15, 0.2) is 30.5 Å². The smallest absolute Gasteiger partial charge is 0.228 e. The van der Waals surface area contributed by atoms with Crippen LogP contribution in [0.1, 0.15) is 58.5 Å². The van der Waals surface area contributed by atoms with Gasteiger partial charge < -0.3 is 4.90 Å². The number of amides is 1. The maximum absolute atomic E-state index is 13.1. The molecule has 38 heavy (non-hydrogen) atoms. The van der Waals surface area contributed by atoms with Crippen LogP contribution in [-0.4, -0.2) is 66.5 Å². The number of aryl methyl sites for hydroxylation is 4. The van der Waals surface area contributed by atoms with Crippen LogP contribution in [0.2, 0.25) is 0 Å². The summed E-state index contributed by atoms with van der Waals surface area (Å²) in [5.41, 5.74) is 7.32. The molecule has 7 rings (SSSR count). The van der Waals surface area contributed by atoms with E-state index in [-0.39, 0.29) is 5.91 Å². The summed E-state index contributed by atoms with van der Waals surface area (Å²) in [4.78, 5) is 32.4. The van der Waals surface area contributed by atoms with Crippen molar-refractivity contribution in [3.8, 4) is 11.4 Å². The molecule has 1 spiro atoms. The standard InChI is InChI=1S/C29H33N7OS/c1-18-12-19(2)32-27(31-18)22-4-6-24-21(13-22)5-7-25(24)35-16-29(17-35)8-10-34(11-9-29)26(37)14-23-15-30-28-36(23)33-20(3)38-28/h4,6,12-13,15,25H,5,7-11,14,16-17H2,1-3H3. The highest BCUT2D eigenvalue weighted by atomic mass is 32.1. The summed E-state index contributed by atoms with van der Waals surface area (Å²) in [5, 5.41) is 5.47. The lowest BCUT2D eigenvalue weighted by Gasteiger charge is -2.56.